The van der Waals surface area contributed by atoms with Crippen molar-refractivity contribution in [3.8, 4) is 0 Å². The summed E-state index contributed by atoms with van der Waals surface area (Å²) in [5.74, 6) is 0.537. The monoisotopic (exact) mass is 309 g/mol. The van der Waals surface area contributed by atoms with E-state index in [9.17, 15) is 9.59 Å². The smallest absolute Gasteiger partial charge is 0.222 e. The van der Waals surface area contributed by atoms with Crippen LogP contribution in [0.5, 0.6) is 0 Å². The zero-order chi connectivity index (χ0) is 15.2. The van der Waals surface area contributed by atoms with E-state index < -0.39 is 0 Å². The largest absolute Gasteiger partial charge is 0.359 e. The van der Waals surface area contributed by atoms with Gasteiger partial charge in [-0.05, 0) is 26.2 Å². The lowest BCUT2D eigenvalue weighted by Crippen LogP contribution is -2.39. The molecule has 1 aliphatic heterocycles. The van der Waals surface area contributed by atoms with Crippen LogP contribution in [0.3, 0.4) is 0 Å². The number of piperidine rings is 1. The highest BCUT2D eigenvalue weighted by Crippen LogP contribution is 2.29. The third-order valence-electron chi connectivity index (χ3n) is 3.83. The van der Waals surface area contributed by atoms with Gasteiger partial charge in [0.25, 0.3) is 0 Å². The number of aryl methyl sites for hydroxylation is 1. The average Bonchev–Trinajstić information content (AvgIpc) is 2.93. The second-order valence-electron chi connectivity index (χ2n) is 5.53. The molecule has 0 spiro atoms. The number of rotatable bonds is 5. The summed E-state index contributed by atoms with van der Waals surface area (Å²) in [7, 11) is 1.62. The Morgan fingerprint density at radius 3 is 2.95 bits per heavy atom. The molecule has 1 fully saturated rings. The van der Waals surface area contributed by atoms with Crippen molar-refractivity contribution in [2.45, 2.75) is 44.9 Å². The van der Waals surface area contributed by atoms with Gasteiger partial charge in [-0.3, -0.25) is 9.59 Å². The van der Waals surface area contributed by atoms with Crippen molar-refractivity contribution in [2.75, 3.05) is 20.1 Å². The number of carbonyl (C=O) groups is 2. The maximum Gasteiger partial charge on any atom is 0.222 e. The van der Waals surface area contributed by atoms with Crippen LogP contribution < -0.4 is 5.32 Å². The molecule has 1 aromatic heterocycles. The molecular formula is C15H23N3O2S. The predicted molar refractivity (Wildman–Crippen MR) is 83.3 cm³/mol. The van der Waals surface area contributed by atoms with Gasteiger partial charge in [0, 0.05) is 50.0 Å². The van der Waals surface area contributed by atoms with E-state index in [1.165, 1.54) is 0 Å². The molecule has 0 unspecified atom stereocenters. The first kappa shape index (κ1) is 15.9. The Balaban J connectivity index is 1.83. The van der Waals surface area contributed by atoms with E-state index in [0.29, 0.717) is 25.2 Å². The summed E-state index contributed by atoms with van der Waals surface area (Å²) in [4.78, 5) is 29.9. The van der Waals surface area contributed by atoms with Gasteiger partial charge in [-0.2, -0.15) is 0 Å². The molecule has 5 nitrogen and oxygen atoms in total. The second-order valence-corrected chi connectivity index (χ2v) is 6.42. The molecule has 116 valence electrons. The topological polar surface area (TPSA) is 62.3 Å². The van der Waals surface area contributed by atoms with Gasteiger partial charge in [0.05, 0.1) is 5.01 Å². The summed E-state index contributed by atoms with van der Waals surface area (Å²) in [5.41, 5.74) is 1.06. The lowest BCUT2D eigenvalue weighted by atomic mass is 9.98. The SMILES string of the molecule is CNC(=O)CCCC(=O)N1CCC[C@@H](c2nc(C)cs2)C1. The number of likely N-dealkylation sites (tertiary alicyclic amines) is 1. The van der Waals surface area contributed by atoms with Crippen LogP contribution in [0, 0.1) is 6.92 Å². The van der Waals surface area contributed by atoms with E-state index >= 15 is 0 Å². The van der Waals surface area contributed by atoms with Gasteiger partial charge in [-0.1, -0.05) is 0 Å². The van der Waals surface area contributed by atoms with Crippen molar-refractivity contribution in [3.05, 3.63) is 16.1 Å². The molecule has 1 saturated heterocycles. The average molecular weight is 309 g/mol. The quantitative estimate of drug-likeness (QED) is 0.906. The third-order valence-corrected chi connectivity index (χ3v) is 4.96. The van der Waals surface area contributed by atoms with Crippen LogP contribution in [0.2, 0.25) is 0 Å². The molecule has 6 heteroatoms. The Morgan fingerprint density at radius 2 is 2.29 bits per heavy atom. The van der Waals surface area contributed by atoms with Crippen molar-refractivity contribution in [2.24, 2.45) is 0 Å². The van der Waals surface area contributed by atoms with E-state index in [4.69, 9.17) is 0 Å². The highest BCUT2D eigenvalue weighted by atomic mass is 32.1. The van der Waals surface area contributed by atoms with Gasteiger partial charge in [0.1, 0.15) is 0 Å². The van der Waals surface area contributed by atoms with Crippen LogP contribution in [-0.4, -0.2) is 41.8 Å². The summed E-state index contributed by atoms with van der Waals surface area (Å²) >= 11 is 1.69. The first-order chi connectivity index (χ1) is 10.1. The molecule has 0 aliphatic carbocycles. The van der Waals surface area contributed by atoms with Crippen LogP contribution in [0.1, 0.15) is 48.7 Å². The summed E-state index contributed by atoms with van der Waals surface area (Å²) in [5, 5.41) is 5.80. The Hall–Kier alpha value is -1.43. The van der Waals surface area contributed by atoms with Crippen molar-refractivity contribution in [3.63, 3.8) is 0 Å². The third kappa shape index (κ3) is 4.52. The molecule has 2 heterocycles. The molecule has 0 bridgehead atoms. The van der Waals surface area contributed by atoms with Crippen LogP contribution in [0.25, 0.3) is 0 Å². The maximum atomic E-state index is 12.2. The molecule has 0 radical (unpaired) electrons. The van der Waals surface area contributed by atoms with Crippen LogP contribution in [0.15, 0.2) is 5.38 Å². The zero-order valence-electron chi connectivity index (χ0n) is 12.7. The number of hydrogen-bond donors (Lipinski definition) is 1. The lowest BCUT2D eigenvalue weighted by Gasteiger charge is -2.32. The Kier molecular flexibility index (Phi) is 5.73. The summed E-state index contributed by atoms with van der Waals surface area (Å²) in [6, 6.07) is 0. The number of nitrogens with zero attached hydrogens (tertiary/aromatic N) is 2. The number of nitrogens with one attached hydrogen (secondary N) is 1. The number of aromatic nitrogens is 1. The number of amides is 2. The van der Waals surface area contributed by atoms with Gasteiger partial charge in [0.2, 0.25) is 11.8 Å². The highest BCUT2D eigenvalue weighted by molar-refractivity contribution is 7.09. The Labute approximate surface area is 129 Å². The minimum absolute atomic E-state index is 0.00224. The predicted octanol–water partition coefficient (Wildman–Crippen LogP) is 2.07. The van der Waals surface area contributed by atoms with Gasteiger partial charge >= 0.3 is 0 Å². The molecule has 21 heavy (non-hydrogen) atoms. The van der Waals surface area contributed by atoms with E-state index in [1.54, 1.807) is 18.4 Å². The normalized spacial score (nSPS) is 18.6. The fourth-order valence-electron chi connectivity index (χ4n) is 2.65. The zero-order valence-corrected chi connectivity index (χ0v) is 13.5. The van der Waals surface area contributed by atoms with Crippen molar-refractivity contribution in [1.82, 2.24) is 15.2 Å². The first-order valence-corrected chi connectivity index (χ1v) is 8.38. The maximum absolute atomic E-state index is 12.2. The van der Waals surface area contributed by atoms with Gasteiger partial charge in [0.15, 0.2) is 0 Å². The Bertz CT molecular complexity index is 501. The second kappa shape index (κ2) is 7.54. The Morgan fingerprint density at radius 1 is 1.48 bits per heavy atom. The summed E-state index contributed by atoms with van der Waals surface area (Å²) < 4.78 is 0. The first-order valence-electron chi connectivity index (χ1n) is 7.50. The number of thiazole rings is 1. The van der Waals surface area contributed by atoms with Crippen molar-refractivity contribution >= 4 is 23.2 Å². The van der Waals surface area contributed by atoms with E-state index in [2.05, 4.69) is 15.7 Å². The molecule has 1 atom stereocenters. The van der Waals surface area contributed by atoms with Crippen LogP contribution >= 0.6 is 11.3 Å². The van der Waals surface area contributed by atoms with E-state index in [-0.39, 0.29) is 11.8 Å². The van der Waals surface area contributed by atoms with Crippen molar-refractivity contribution in [1.29, 1.82) is 0 Å². The number of carbonyl (C=O) groups excluding carboxylic acids is 2. The number of hydrogen-bond acceptors (Lipinski definition) is 4. The van der Waals surface area contributed by atoms with E-state index in [0.717, 1.165) is 36.6 Å². The molecule has 1 aliphatic rings. The molecule has 0 aromatic carbocycles. The van der Waals surface area contributed by atoms with Gasteiger partial charge < -0.3 is 10.2 Å². The lowest BCUT2D eigenvalue weighted by molar-refractivity contribution is -0.132. The minimum atomic E-state index is -0.00224. The molecule has 1 N–H and O–H groups in total. The highest BCUT2D eigenvalue weighted by Gasteiger charge is 2.26. The molecule has 1 aromatic rings. The van der Waals surface area contributed by atoms with Gasteiger partial charge in [-0.25, -0.2) is 4.98 Å². The van der Waals surface area contributed by atoms with E-state index in [1.807, 2.05) is 11.8 Å². The molecular weight excluding hydrogens is 286 g/mol. The van der Waals surface area contributed by atoms with Crippen molar-refractivity contribution < 1.29 is 9.59 Å². The van der Waals surface area contributed by atoms with Gasteiger partial charge in [-0.15, -0.1) is 11.3 Å². The standard InChI is InChI=1S/C15H23N3O2S/c1-11-10-21-15(17-11)12-5-4-8-18(9-12)14(20)7-3-6-13(19)16-2/h10,12H,3-9H2,1-2H3,(H,16,19)/t12-/m1/s1. The molecule has 2 rings (SSSR count). The molecule has 2 amide bonds. The summed E-state index contributed by atoms with van der Waals surface area (Å²) in [6.07, 6.45) is 3.64. The fraction of sp³-hybridized carbons (Fsp3) is 0.667. The molecule has 0 saturated carbocycles. The van der Waals surface area contributed by atoms with Crippen LogP contribution in [-0.2, 0) is 9.59 Å². The summed E-state index contributed by atoms with van der Waals surface area (Å²) in [6.45, 7) is 3.61. The van der Waals surface area contributed by atoms with Crippen LogP contribution in [0.4, 0.5) is 0 Å². The fourth-order valence-corrected chi connectivity index (χ4v) is 3.57. The minimum Gasteiger partial charge on any atom is -0.359 e.